The fourth-order valence-electron chi connectivity index (χ4n) is 1.26. The van der Waals surface area contributed by atoms with Crippen LogP contribution in [-0.2, 0) is 4.74 Å². The Hall–Kier alpha value is -0.360. The third kappa shape index (κ3) is 5.65. The molecule has 0 aromatic heterocycles. The molecule has 0 aliphatic carbocycles. The van der Waals surface area contributed by atoms with E-state index in [1.807, 2.05) is 0 Å². The highest BCUT2D eigenvalue weighted by Crippen LogP contribution is 2.21. The molecule has 0 bridgehead atoms. The number of amidine groups is 1. The van der Waals surface area contributed by atoms with E-state index in [4.69, 9.17) is 4.74 Å². The van der Waals surface area contributed by atoms with Crippen LogP contribution >= 0.6 is 11.8 Å². The molecule has 3 nitrogen and oxygen atoms in total. The lowest BCUT2D eigenvalue weighted by atomic mass is 10.0. The van der Waals surface area contributed by atoms with E-state index >= 15 is 0 Å². The Balaban J connectivity index is 2.19. The summed E-state index contributed by atoms with van der Waals surface area (Å²) >= 11 is 1.67. The van der Waals surface area contributed by atoms with Crippen LogP contribution in [0.4, 0.5) is 8.78 Å². The van der Waals surface area contributed by atoms with Crippen LogP contribution in [0.25, 0.3) is 0 Å². The summed E-state index contributed by atoms with van der Waals surface area (Å²) in [7, 11) is 0. The van der Waals surface area contributed by atoms with E-state index < -0.39 is 13.0 Å². The van der Waals surface area contributed by atoms with Crippen LogP contribution in [-0.4, -0.2) is 42.6 Å². The van der Waals surface area contributed by atoms with Crippen molar-refractivity contribution in [2.75, 3.05) is 25.5 Å². The van der Waals surface area contributed by atoms with Crippen molar-refractivity contribution in [1.29, 1.82) is 0 Å². The topological polar surface area (TPSA) is 33.6 Å². The van der Waals surface area contributed by atoms with Gasteiger partial charge in [-0.25, -0.2) is 8.78 Å². The van der Waals surface area contributed by atoms with E-state index in [0.29, 0.717) is 6.54 Å². The van der Waals surface area contributed by atoms with E-state index in [2.05, 4.69) is 24.2 Å². The minimum atomic E-state index is -2.39. The Labute approximate surface area is 99.0 Å². The Morgan fingerprint density at radius 2 is 2.31 bits per heavy atom. The monoisotopic (exact) mass is 252 g/mol. The molecule has 0 atom stereocenters. The fraction of sp³-hybridized carbons (Fsp3) is 0.900. The molecule has 6 heteroatoms. The first kappa shape index (κ1) is 13.7. The van der Waals surface area contributed by atoms with Crippen LogP contribution in [0.3, 0.4) is 0 Å². The number of nitrogens with zero attached hydrogens (tertiary/aromatic N) is 1. The minimum Gasteiger partial charge on any atom is -0.374 e. The smallest absolute Gasteiger partial charge is 0.261 e. The van der Waals surface area contributed by atoms with Crippen molar-refractivity contribution >= 4 is 16.9 Å². The summed E-state index contributed by atoms with van der Waals surface area (Å²) in [4.78, 5) is 4.27. The van der Waals surface area contributed by atoms with E-state index in [1.165, 1.54) is 0 Å². The van der Waals surface area contributed by atoms with E-state index in [-0.39, 0.29) is 12.1 Å². The highest BCUT2D eigenvalue weighted by atomic mass is 32.2. The second-order valence-corrected chi connectivity index (χ2v) is 5.34. The molecule has 1 aliphatic rings. The minimum absolute atomic E-state index is 0.0773. The summed E-state index contributed by atoms with van der Waals surface area (Å²) in [6.07, 6.45) is -1.30. The molecule has 1 saturated heterocycles. The molecule has 0 unspecified atom stereocenters. The van der Waals surface area contributed by atoms with Gasteiger partial charge in [-0.3, -0.25) is 4.99 Å². The van der Waals surface area contributed by atoms with Crippen molar-refractivity contribution in [3.8, 4) is 0 Å². The average molecular weight is 252 g/mol. The molecule has 94 valence electrons. The molecular formula is C10H18F2N2OS. The maximum absolute atomic E-state index is 11.7. The SMILES string of the molecule is CC1(C)CCSC(=NCCOCC(F)F)N1. The van der Waals surface area contributed by atoms with E-state index in [1.54, 1.807) is 11.8 Å². The molecule has 16 heavy (non-hydrogen) atoms. The summed E-state index contributed by atoms with van der Waals surface area (Å²) in [6, 6.07) is 0. The quantitative estimate of drug-likeness (QED) is 0.761. The van der Waals surface area contributed by atoms with Gasteiger partial charge in [-0.05, 0) is 20.3 Å². The number of rotatable bonds is 5. The van der Waals surface area contributed by atoms with Crippen molar-refractivity contribution in [2.24, 2.45) is 4.99 Å². The lowest BCUT2D eigenvalue weighted by Gasteiger charge is -2.32. The summed E-state index contributed by atoms with van der Waals surface area (Å²) in [6.45, 7) is 4.41. The molecule has 0 spiro atoms. The third-order valence-electron chi connectivity index (χ3n) is 2.15. The number of nitrogens with one attached hydrogen (secondary N) is 1. The molecule has 0 saturated carbocycles. The van der Waals surface area contributed by atoms with E-state index in [9.17, 15) is 8.78 Å². The maximum atomic E-state index is 11.7. The van der Waals surface area contributed by atoms with Gasteiger partial charge < -0.3 is 10.1 Å². The molecule has 1 N–H and O–H groups in total. The van der Waals surface area contributed by atoms with Crippen molar-refractivity contribution in [2.45, 2.75) is 32.2 Å². The lowest BCUT2D eigenvalue weighted by Crippen LogP contribution is -2.46. The van der Waals surface area contributed by atoms with Crippen molar-refractivity contribution in [3.63, 3.8) is 0 Å². The number of halogens is 2. The molecular weight excluding hydrogens is 234 g/mol. The largest absolute Gasteiger partial charge is 0.374 e. The number of aliphatic imine (C=N–C) groups is 1. The van der Waals surface area contributed by atoms with Gasteiger partial charge >= 0.3 is 0 Å². The Morgan fingerprint density at radius 1 is 1.56 bits per heavy atom. The first-order valence-corrected chi connectivity index (χ1v) is 6.29. The Kier molecular flexibility index (Phi) is 5.48. The Bertz CT molecular complexity index is 247. The van der Waals surface area contributed by atoms with Gasteiger partial charge in [0.15, 0.2) is 5.17 Å². The molecule has 0 radical (unpaired) electrons. The van der Waals surface area contributed by atoms with Gasteiger partial charge in [0.2, 0.25) is 0 Å². The Morgan fingerprint density at radius 3 is 2.94 bits per heavy atom. The number of thioether (sulfide) groups is 1. The predicted octanol–water partition coefficient (Wildman–Crippen LogP) is 2.13. The number of alkyl halides is 2. The van der Waals surface area contributed by atoms with Gasteiger partial charge in [0.1, 0.15) is 6.61 Å². The van der Waals surface area contributed by atoms with Crippen LogP contribution in [0.2, 0.25) is 0 Å². The zero-order valence-electron chi connectivity index (χ0n) is 9.63. The number of hydrogen-bond donors (Lipinski definition) is 1. The number of hydrogen-bond acceptors (Lipinski definition) is 3. The summed E-state index contributed by atoms with van der Waals surface area (Å²) in [5.74, 6) is 1.04. The molecule has 0 aromatic rings. The molecule has 1 fully saturated rings. The molecule has 1 rings (SSSR count). The lowest BCUT2D eigenvalue weighted by molar-refractivity contribution is 0.0207. The van der Waals surface area contributed by atoms with Crippen LogP contribution < -0.4 is 5.32 Å². The van der Waals surface area contributed by atoms with Crippen molar-refractivity contribution in [1.82, 2.24) is 5.32 Å². The third-order valence-corrected chi connectivity index (χ3v) is 3.06. The highest BCUT2D eigenvalue weighted by Gasteiger charge is 2.23. The summed E-state index contributed by atoms with van der Waals surface area (Å²) in [5, 5.41) is 4.19. The van der Waals surface area contributed by atoms with Gasteiger partial charge in [0, 0.05) is 11.3 Å². The highest BCUT2D eigenvalue weighted by molar-refractivity contribution is 8.13. The van der Waals surface area contributed by atoms with Crippen molar-refractivity contribution in [3.05, 3.63) is 0 Å². The second-order valence-electron chi connectivity index (χ2n) is 4.26. The fourth-order valence-corrected chi connectivity index (χ4v) is 2.60. The van der Waals surface area contributed by atoms with Crippen molar-refractivity contribution < 1.29 is 13.5 Å². The summed E-state index contributed by atoms with van der Waals surface area (Å²) in [5.41, 5.74) is 0.0773. The van der Waals surface area contributed by atoms with Crippen LogP contribution in [0.5, 0.6) is 0 Å². The van der Waals surface area contributed by atoms with Gasteiger partial charge in [-0.1, -0.05) is 11.8 Å². The average Bonchev–Trinajstić information content (AvgIpc) is 2.15. The first-order chi connectivity index (χ1) is 7.49. The number of ether oxygens (including phenoxy) is 1. The van der Waals surface area contributed by atoms with E-state index in [0.717, 1.165) is 17.3 Å². The van der Waals surface area contributed by atoms with Gasteiger partial charge in [0.25, 0.3) is 6.43 Å². The second kappa shape index (κ2) is 6.39. The zero-order valence-corrected chi connectivity index (χ0v) is 10.4. The van der Waals surface area contributed by atoms with Gasteiger partial charge in [0.05, 0.1) is 13.2 Å². The predicted molar refractivity (Wildman–Crippen MR) is 63.4 cm³/mol. The molecule has 1 aliphatic heterocycles. The molecule has 1 heterocycles. The maximum Gasteiger partial charge on any atom is 0.261 e. The van der Waals surface area contributed by atoms with Crippen LogP contribution in [0, 0.1) is 0 Å². The molecule has 0 amide bonds. The standard InChI is InChI=1S/C10H18F2N2OS/c1-10(2)3-6-16-9(14-10)13-4-5-15-7-8(11)12/h8H,3-7H2,1-2H3,(H,13,14). The zero-order chi connectivity index (χ0) is 12.0. The van der Waals surface area contributed by atoms with Crippen LogP contribution in [0.15, 0.2) is 4.99 Å². The molecule has 0 aromatic carbocycles. The summed E-state index contributed by atoms with van der Waals surface area (Å²) < 4.78 is 28.2. The van der Waals surface area contributed by atoms with Gasteiger partial charge in [-0.2, -0.15) is 0 Å². The van der Waals surface area contributed by atoms with Gasteiger partial charge in [-0.15, -0.1) is 0 Å². The normalized spacial score (nSPS) is 22.4. The first-order valence-electron chi connectivity index (χ1n) is 5.31. The van der Waals surface area contributed by atoms with Crippen LogP contribution in [0.1, 0.15) is 20.3 Å².